The molecule has 0 aromatic rings. The Hall–Kier alpha value is -0.820. The first kappa shape index (κ1) is 19.2. The van der Waals surface area contributed by atoms with Crippen LogP contribution in [-0.4, -0.2) is 24.5 Å². The Labute approximate surface area is 127 Å². The molecule has 0 spiro atoms. The van der Waals surface area contributed by atoms with E-state index in [1.54, 1.807) is 0 Å². The molecule has 0 rings (SSSR count). The molecule has 0 saturated heterocycles. The van der Waals surface area contributed by atoms with Crippen molar-refractivity contribution in [2.45, 2.75) is 53.4 Å². The second-order valence-corrected chi connectivity index (χ2v) is 5.83. The molecule has 1 nitrogen and oxygen atoms in total. The van der Waals surface area contributed by atoms with Crippen LogP contribution in [0.4, 0.5) is 0 Å². The van der Waals surface area contributed by atoms with Gasteiger partial charge in [0.15, 0.2) is 0 Å². The summed E-state index contributed by atoms with van der Waals surface area (Å²) in [6.07, 6.45) is 15.6. The van der Waals surface area contributed by atoms with Gasteiger partial charge in [0, 0.05) is 0 Å². The fraction of sp³-hybridized carbons (Fsp3) is 0.684. The van der Waals surface area contributed by atoms with Gasteiger partial charge in [-0.05, 0) is 44.3 Å². The zero-order valence-corrected chi connectivity index (χ0v) is 14.1. The summed E-state index contributed by atoms with van der Waals surface area (Å²) < 4.78 is 0. The first-order valence-corrected chi connectivity index (χ1v) is 8.32. The van der Waals surface area contributed by atoms with Gasteiger partial charge in [-0.3, -0.25) is 0 Å². The quantitative estimate of drug-likeness (QED) is 0.428. The number of allylic oxidation sites excluding steroid dienone is 5. The second kappa shape index (κ2) is 13.2. The summed E-state index contributed by atoms with van der Waals surface area (Å²) in [4.78, 5) is 2.52. The zero-order valence-electron chi connectivity index (χ0n) is 14.1. The Kier molecular flexibility index (Phi) is 12.6. The Bertz CT molecular complexity index is 273. The molecule has 0 aliphatic carbocycles. The Morgan fingerprint density at radius 2 is 1.65 bits per heavy atom. The van der Waals surface area contributed by atoms with E-state index in [1.165, 1.54) is 45.3 Å². The van der Waals surface area contributed by atoms with Crippen LogP contribution in [0.15, 0.2) is 37.0 Å². The predicted octanol–water partition coefficient (Wildman–Crippen LogP) is 5.46. The molecule has 0 bridgehead atoms. The van der Waals surface area contributed by atoms with Crippen LogP contribution in [0.1, 0.15) is 53.4 Å². The van der Waals surface area contributed by atoms with Crippen LogP contribution in [0, 0.1) is 11.8 Å². The molecule has 0 amide bonds. The van der Waals surface area contributed by atoms with E-state index < -0.39 is 0 Å². The SMILES string of the molecule is C=C/C=C\C=C/C(C)CCCC(C)CCN(CC)CC. The topological polar surface area (TPSA) is 3.24 Å². The molecule has 116 valence electrons. The van der Waals surface area contributed by atoms with Gasteiger partial charge in [0.1, 0.15) is 0 Å². The third-order valence-electron chi connectivity index (χ3n) is 3.99. The van der Waals surface area contributed by atoms with Crippen molar-refractivity contribution < 1.29 is 0 Å². The third kappa shape index (κ3) is 11.0. The maximum atomic E-state index is 3.66. The van der Waals surface area contributed by atoms with Gasteiger partial charge in [-0.15, -0.1) is 0 Å². The van der Waals surface area contributed by atoms with Gasteiger partial charge < -0.3 is 4.90 Å². The van der Waals surface area contributed by atoms with Gasteiger partial charge in [0.25, 0.3) is 0 Å². The van der Waals surface area contributed by atoms with Crippen molar-refractivity contribution in [2.24, 2.45) is 11.8 Å². The van der Waals surface area contributed by atoms with Gasteiger partial charge in [-0.1, -0.05) is 77.5 Å². The van der Waals surface area contributed by atoms with Crippen LogP contribution in [-0.2, 0) is 0 Å². The molecule has 20 heavy (non-hydrogen) atoms. The Balaban J connectivity index is 3.69. The van der Waals surface area contributed by atoms with E-state index in [-0.39, 0.29) is 0 Å². The summed E-state index contributed by atoms with van der Waals surface area (Å²) in [5.74, 6) is 1.53. The van der Waals surface area contributed by atoms with E-state index in [9.17, 15) is 0 Å². The highest BCUT2D eigenvalue weighted by Crippen LogP contribution is 2.16. The largest absolute Gasteiger partial charge is 0.304 e. The highest BCUT2D eigenvalue weighted by atomic mass is 15.1. The fourth-order valence-electron chi connectivity index (χ4n) is 2.37. The molecule has 0 saturated carbocycles. The van der Waals surface area contributed by atoms with E-state index in [0.29, 0.717) is 5.92 Å². The number of hydrogen-bond donors (Lipinski definition) is 0. The third-order valence-corrected chi connectivity index (χ3v) is 3.99. The van der Waals surface area contributed by atoms with E-state index in [0.717, 1.165) is 5.92 Å². The average Bonchev–Trinajstić information content (AvgIpc) is 2.44. The lowest BCUT2D eigenvalue weighted by Gasteiger charge is -2.20. The molecule has 2 atom stereocenters. The van der Waals surface area contributed by atoms with Crippen molar-refractivity contribution >= 4 is 0 Å². The molecule has 0 fully saturated rings. The molecule has 0 aliphatic heterocycles. The summed E-state index contributed by atoms with van der Waals surface area (Å²) in [6.45, 7) is 16.5. The number of rotatable bonds is 12. The summed E-state index contributed by atoms with van der Waals surface area (Å²) in [5, 5.41) is 0. The highest BCUT2D eigenvalue weighted by Gasteiger charge is 2.06. The average molecular weight is 277 g/mol. The minimum atomic E-state index is 0.680. The predicted molar refractivity (Wildman–Crippen MR) is 93.1 cm³/mol. The molecule has 2 unspecified atom stereocenters. The van der Waals surface area contributed by atoms with Crippen LogP contribution in [0.5, 0.6) is 0 Å². The first-order valence-electron chi connectivity index (χ1n) is 8.32. The summed E-state index contributed by atoms with van der Waals surface area (Å²) in [7, 11) is 0. The molecule has 0 radical (unpaired) electrons. The summed E-state index contributed by atoms with van der Waals surface area (Å²) in [6, 6.07) is 0. The molecular formula is C19H35N. The highest BCUT2D eigenvalue weighted by molar-refractivity contribution is 5.09. The van der Waals surface area contributed by atoms with Crippen molar-refractivity contribution in [1.82, 2.24) is 4.90 Å². The maximum absolute atomic E-state index is 3.66. The van der Waals surface area contributed by atoms with Gasteiger partial charge in [0.05, 0.1) is 0 Å². The monoisotopic (exact) mass is 277 g/mol. The second-order valence-electron chi connectivity index (χ2n) is 5.83. The fourth-order valence-corrected chi connectivity index (χ4v) is 2.37. The van der Waals surface area contributed by atoms with Crippen molar-refractivity contribution in [2.75, 3.05) is 19.6 Å². The van der Waals surface area contributed by atoms with Crippen molar-refractivity contribution in [3.05, 3.63) is 37.0 Å². The van der Waals surface area contributed by atoms with E-state index in [4.69, 9.17) is 0 Å². The summed E-state index contributed by atoms with van der Waals surface area (Å²) in [5.41, 5.74) is 0. The van der Waals surface area contributed by atoms with Crippen molar-refractivity contribution in [3.8, 4) is 0 Å². The minimum absolute atomic E-state index is 0.680. The van der Waals surface area contributed by atoms with E-state index >= 15 is 0 Å². The van der Waals surface area contributed by atoms with Crippen molar-refractivity contribution in [1.29, 1.82) is 0 Å². The maximum Gasteiger partial charge on any atom is -0.00164 e. The molecule has 0 heterocycles. The molecule has 1 heteroatoms. The van der Waals surface area contributed by atoms with E-state index in [1.807, 2.05) is 12.2 Å². The van der Waals surface area contributed by atoms with Crippen molar-refractivity contribution in [3.63, 3.8) is 0 Å². The normalized spacial score (nSPS) is 15.2. The van der Waals surface area contributed by atoms with Gasteiger partial charge in [0.2, 0.25) is 0 Å². The molecular weight excluding hydrogens is 242 g/mol. The molecule has 0 aliphatic rings. The standard InChI is InChI=1S/C19H35N/c1-6-9-10-11-13-18(4)14-12-15-19(5)16-17-20(7-2)8-3/h6,9-11,13,18-19H,1,7-8,12,14-17H2,2-5H3/b10-9-,13-11-. The Morgan fingerprint density at radius 1 is 0.950 bits per heavy atom. The molecule has 0 N–H and O–H groups in total. The Morgan fingerprint density at radius 3 is 2.25 bits per heavy atom. The number of hydrogen-bond acceptors (Lipinski definition) is 1. The lowest BCUT2D eigenvalue weighted by molar-refractivity contribution is 0.273. The lowest BCUT2D eigenvalue weighted by atomic mass is 9.96. The smallest absolute Gasteiger partial charge is 0.00164 e. The first-order chi connectivity index (χ1) is 9.63. The lowest BCUT2D eigenvalue weighted by Crippen LogP contribution is -2.25. The van der Waals surface area contributed by atoms with E-state index in [2.05, 4.69) is 57.4 Å². The van der Waals surface area contributed by atoms with Gasteiger partial charge in [-0.25, -0.2) is 0 Å². The molecule has 0 aromatic carbocycles. The van der Waals surface area contributed by atoms with Crippen LogP contribution < -0.4 is 0 Å². The van der Waals surface area contributed by atoms with Crippen LogP contribution in [0.2, 0.25) is 0 Å². The van der Waals surface area contributed by atoms with Gasteiger partial charge >= 0.3 is 0 Å². The van der Waals surface area contributed by atoms with Gasteiger partial charge in [-0.2, -0.15) is 0 Å². The minimum Gasteiger partial charge on any atom is -0.304 e. The van der Waals surface area contributed by atoms with Crippen LogP contribution in [0.25, 0.3) is 0 Å². The zero-order chi connectivity index (χ0) is 15.2. The summed E-state index contributed by atoms with van der Waals surface area (Å²) >= 11 is 0. The molecule has 0 aromatic heterocycles. The van der Waals surface area contributed by atoms with Crippen LogP contribution >= 0.6 is 0 Å². The van der Waals surface area contributed by atoms with Crippen LogP contribution in [0.3, 0.4) is 0 Å². The number of nitrogens with zero attached hydrogens (tertiary/aromatic N) is 1.